The van der Waals surface area contributed by atoms with Gasteiger partial charge in [-0.15, -0.1) is 0 Å². The first-order valence-electron chi connectivity index (χ1n) is 6.89. The lowest BCUT2D eigenvalue weighted by atomic mass is 10.0. The number of hydrogen-bond donors (Lipinski definition) is 1. The van der Waals surface area contributed by atoms with Gasteiger partial charge < -0.3 is 5.32 Å². The van der Waals surface area contributed by atoms with Crippen molar-refractivity contribution in [3.63, 3.8) is 0 Å². The Balaban J connectivity index is 1.82. The molecule has 8 nitrogen and oxygen atoms in total. The molecule has 8 heteroatoms. The molecule has 0 radical (unpaired) electrons. The maximum atomic E-state index is 12.4. The predicted molar refractivity (Wildman–Crippen MR) is 76.0 cm³/mol. The summed E-state index contributed by atoms with van der Waals surface area (Å²) in [5, 5.41) is 6.71. The number of nitrogens with one attached hydrogen (secondary N) is 1. The fourth-order valence-corrected chi connectivity index (χ4v) is 2.45. The number of carbonyl (C=O) groups excluding carboxylic acids is 3. The van der Waals surface area contributed by atoms with Crippen LogP contribution in [0.5, 0.6) is 0 Å². The van der Waals surface area contributed by atoms with Gasteiger partial charge in [-0.05, 0) is 13.3 Å². The average Bonchev–Trinajstić information content (AvgIpc) is 2.94. The third-order valence-electron chi connectivity index (χ3n) is 3.77. The van der Waals surface area contributed by atoms with Crippen LogP contribution in [0.3, 0.4) is 0 Å². The van der Waals surface area contributed by atoms with Crippen LogP contribution >= 0.6 is 0 Å². The second-order valence-corrected chi connectivity index (χ2v) is 5.23. The first-order chi connectivity index (χ1) is 10.5. The van der Waals surface area contributed by atoms with Crippen molar-refractivity contribution in [2.45, 2.75) is 25.8 Å². The minimum Gasteiger partial charge on any atom is -0.340 e. The van der Waals surface area contributed by atoms with E-state index in [-0.39, 0.29) is 12.3 Å². The van der Waals surface area contributed by atoms with Gasteiger partial charge in [0.25, 0.3) is 11.8 Å². The van der Waals surface area contributed by atoms with E-state index >= 15 is 0 Å². The third-order valence-corrected chi connectivity index (χ3v) is 3.77. The molecule has 3 rings (SSSR count). The van der Waals surface area contributed by atoms with E-state index in [1.165, 1.54) is 11.6 Å². The number of imide groups is 1. The van der Waals surface area contributed by atoms with Gasteiger partial charge in [-0.2, -0.15) is 5.10 Å². The molecule has 1 unspecified atom stereocenters. The molecular formula is C14H15N5O3. The highest BCUT2D eigenvalue weighted by Gasteiger charge is 2.33. The van der Waals surface area contributed by atoms with Crippen LogP contribution in [0, 0.1) is 6.92 Å². The van der Waals surface area contributed by atoms with Crippen molar-refractivity contribution in [1.29, 1.82) is 0 Å². The number of likely N-dealkylation sites (tertiary alicyclic amines) is 1. The smallest absolute Gasteiger partial charge is 0.255 e. The summed E-state index contributed by atoms with van der Waals surface area (Å²) >= 11 is 0. The number of fused-ring (bicyclic) bond motifs is 1. The largest absolute Gasteiger partial charge is 0.340 e. The second-order valence-electron chi connectivity index (χ2n) is 5.23. The molecule has 2 aromatic rings. The van der Waals surface area contributed by atoms with E-state index in [1.54, 1.807) is 25.4 Å². The summed E-state index contributed by atoms with van der Waals surface area (Å²) in [6, 6.07) is 1.04. The van der Waals surface area contributed by atoms with E-state index in [9.17, 15) is 14.4 Å². The number of rotatable bonds is 2. The first kappa shape index (κ1) is 14.2. The van der Waals surface area contributed by atoms with Crippen LogP contribution < -0.4 is 5.32 Å². The van der Waals surface area contributed by atoms with Crippen molar-refractivity contribution < 1.29 is 14.4 Å². The van der Waals surface area contributed by atoms with Gasteiger partial charge in [-0.25, -0.2) is 9.50 Å². The molecule has 1 fully saturated rings. The van der Waals surface area contributed by atoms with Crippen molar-refractivity contribution in [2.24, 2.45) is 0 Å². The molecule has 2 aromatic heterocycles. The van der Waals surface area contributed by atoms with Crippen LogP contribution in [0.2, 0.25) is 0 Å². The molecule has 1 atom stereocenters. The maximum Gasteiger partial charge on any atom is 0.255 e. The molecule has 0 aromatic carbocycles. The summed E-state index contributed by atoms with van der Waals surface area (Å²) in [4.78, 5) is 41.2. The van der Waals surface area contributed by atoms with E-state index in [0.717, 1.165) is 4.90 Å². The predicted octanol–water partition coefficient (Wildman–Crippen LogP) is -0.0851. The third kappa shape index (κ3) is 2.32. The number of carbonyl (C=O) groups is 3. The quantitative estimate of drug-likeness (QED) is 0.782. The lowest BCUT2D eigenvalue weighted by Crippen LogP contribution is -2.53. The number of aromatic nitrogens is 3. The minimum atomic E-state index is -0.692. The van der Waals surface area contributed by atoms with Gasteiger partial charge in [0.15, 0.2) is 5.65 Å². The Hall–Kier alpha value is -2.77. The monoisotopic (exact) mass is 301 g/mol. The Labute approximate surface area is 126 Å². The summed E-state index contributed by atoms with van der Waals surface area (Å²) < 4.78 is 1.50. The highest BCUT2D eigenvalue weighted by atomic mass is 16.2. The van der Waals surface area contributed by atoms with E-state index in [1.807, 2.05) is 0 Å². The first-order valence-corrected chi connectivity index (χ1v) is 6.89. The number of aryl methyl sites for hydroxylation is 1. The number of nitrogens with zero attached hydrogens (tertiary/aromatic N) is 4. The standard InChI is InChI=1S/C14H15N5O3/c1-8-9(7-19-11(16-8)5-6-15-19)13(21)17-10-3-4-12(20)18(2)14(10)22/h5-7,10H,3-4H2,1-2H3,(H,17,21). The Morgan fingerprint density at radius 2 is 2.18 bits per heavy atom. The van der Waals surface area contributed by atoms with Gasteiger partial charge in [0.1, 0.15) is 6.04 Å². The second kappa shape index (κ2) is 5.21. The summed E-state index contributed by atoms with van der Waals surface area (Å²) in [7, 11) is 1.42. The number of amides is 3. The molecule has 3 heterocycles. The zero-order chi connectivity index (χ0) is 15.9. The van der Waals surface area contributed by atoms with Crippen LogP contribution in [0.25, 0.3) is 5.65 Å². The average molecular weight is 301 g/mol. The van der Waals surface area contributed by atoms with Crippen LogP contribution in [-0.2, 0) is 9.59 Å². The van der Waals surface area contributed by atoms with E-state index in [4.69, 9.17) is 0 Å². The van der Waals surface area contributed by atoms with Crippen molar-refractivity contribution >= 4 is 23.4 Å². The Kier molecular flexibility index (Phi) is 3.36. The van der Waals surface area contributed by atoms with Crippen LogP contribution in [0.15, 0.2) is 18.5 Å². The van der Waals surface area contributed by atoms with E-state index in [0.29, 0.717) is 23.3 Å². The Morgan fingerprint density at radius 3 is 2.95 bits per heavy atom. The topological polar surface area (TPSA) is 96.7 Å². The van der Waals surface area contributed by atoms with Crippen LogP contribution in [0.4, 0.5) is 0 Å². The SMILES string of the molecule is Cc1nc2ccnn2cc1C(=O)NC1CCC(=O)N(C)C1=O. The summed E-state index contributed by atoms with van der Waals surface area (Å²) in [6.07, 6.45) is 3.72. The normalized spacial score (nSPS) is 18.8. The van der Waals surface area contributed by atoms with Crippen LogP contribution in [-0.4, -0.2) is 50.3 Å². The van der Waals surface area contributed by atoms with Gasteiger partial charge in [0, 0.05) is 25.7 Å². The Morgan fingerprint density at radius 1 is 1.41 bits per heavy atom. The van der Waals surface area contributed by atoms with Crippen LogP contribution in [0.1, 0.15) is 28.9 Å². The molecule has 3 amide bonds. The fourth-order valence-electron chi connectivity index (χ4n) is 2.45. The molecule has 1 N–H and O–H groups in total. The van der Waals surface area contributed by atoms with Gasteiger partial charge in [0.05, 0.1) is 17.5 Å². The van der Waals surface area contributed by atoms with Gasteiger partial charge in [-0.3, -0.25) is 19.3 Å². The van der Waals surface area contributed by atoms with Gasteiger partial charge in [-0.1, -0.05) is 0 Å². The highest BCUT2D eigenvalue weighted by molar-refractivity contribution is 6.03. The molecule has 0 aliphatic carbocycles. The fraction of sp³-hybridized carbons (Fsp3) is 0.357. The maximum absolute atomic E-state index is 12.4. The molecule has 114 valence electrons. The lowest BCUT2D eigenvalue weighted by Gasteiger charge is -2.28. The van der Waals surface area contributed by atoms with Crippen molar-refractivity contribution in [3.05, 3.63) is 29.7 Å². The lowest BCUT2D eigenvalue weighted by molar-refractivity contribution is -0.147. The zero-order valence-corrected chi connectivity index (χ0v) is 12.2. The van der Waals surface area contributed by atoms with Crippen molar-refractivity contribution in [2.75, 3.05) is 7.05 Å². The van der Waals surface area contributed by atoms with Crippen molar-refractivity contribution in [3.8, 4) is 0 Å². The zero-order valence-electron chi connectivity index (χ0n) is 12.2. The summed E-state index contributed by atoms with van der Waals surface area (Å²) in [5.41, 5.74) is 1.55. The van der Waals surface area contributed by atoms with E-state index in [2.05, 4.69) is 15.4 Å². The molecule has 22 heavy (non-hydrogen) atoms. The van der Waals surface area contributed by atoms with Gasteiger partial charge >= 0.3 is 0 Å². The van der Waals surface area contributed by atoms with Crippen molar-refractivity contribution in [1.82, 2.24) is 24.8 Å². The number of hydrogen-bond acceptors (Lipinski definition) is 5. The Bertz CT molecular complexity index is 782. The van der Waals surface area contributed by atoms with Gasteiger partial charge in [0.2, 0.25) is 5.91 Å². The molecule has 1 saturated heterocycles. The summed E-state index contributed by atoms with van der Waals surface area (Å²) in [6.45, 7) is 1.72. The molecule has 1 aliphatic heterocycles. The molecule has 1 aliphatic rings. The minimum absolute atomic E-state index is 0.230. The van der Waals surface area contributed by atoms with E-state index < -0.39 is 17.9 Å². The number of piperidine rings is 1. The highest BCUT2D eigenvalue weighted by Crippen LogP contribution is 2.13. The molecule has 0 spiro atoms. The molecular weight excluding hydrogens is 286 g/mol. The summed E-state index contributed by atoms with van der Waals surface area (Å²) in [5.74, 6) is -1.02. The number of likely N-dealkylation sites (N-methyl/N-ethyl adjacent to an activating group) is 1. The molecule has 0 bridgehead atoms. The molecule has 0 saturated carbocycles.